The molecule has 0 fully saturated rings. The number of aryl methyl sites for hydroxylation is 1. The van der Waals surface area contributed by atoms with E-state index >= 15 is 0 Å². The van der Waals surface area contributed by atoms with Crippen LogP contribution < -0.4 is 10.5 Å². The molecule has 2 aromatic rings. The Morgan fingerprint density at radius 1 is 1.20 bits per heavy atom. The van der Waals surface area contributed by atoms with Gasteiger partial charge in [0, 0.05) is 11.6 Å². The summed E-state index contributed by atoms with van der Waals surface area (Å²) in [7, 11) is 0. The van der Waals surface area contributed by atoms with Gasteiger partial charge in [0.15, 0.2) is 11.6 Å². The topological polar surface area (TPSA) is 35.2 Å². The Morgan fingerprint density at radius 3 is 2.45 bits per heavy atom. The first-order valence-electron chi connectivity index (χ1n) is 6.51. The third kappa shape index (κ3) is 3.11. The lowest BCUT2D eigenvalue weighted by atomic mass is 10.0. The van der Waals surface area contributed by atoms with E-state index < -0.39 is 5.82 Å². The summed E-state index contributed by atoms with van der Waals surface area (Å²) in [4.78, 5) is 0. The molecule has 0 radical (unpaired) electrons. The third-order valence-corrected chi connectivity index (χ3v) is 3.46. The summed E-state index contributed by atoms with van der Waals surface area (Å²) in [5, 5.41) is 0.232. The van der Waals surface area contributed by atoms with Gasteiger partial charge in [-0.2, -0.15) is 0 Å². The Morgan fingerprint density at radius 2 is 1.85 bits per heavy atom. The minimum Gasteiger partial charge on any atom is -0.453 e. The number of hydrogen-bond acceptors (Lipinski definition) is 2. The summed E-state index contributed by atoms with van der Waals surface area (Å²) in [5.41, 5.74) is 7.41. The molecule has 0 aliphatic heterocycles. The molecule has 0 aromatic heterocycles. The molecule has 0 spiro atoms. The summed E-state index contributed by atoms with van der Waals surface area (Å²) < 4.78 is 20.0. The van der Waals surface area contributed by atoms with E-state index in [1.807, 2.05) is 26.0 Å². The Hall–Kier alpha value is -1.58. The van der Waals surface area contributed by atoms with Crippen molar-refractivity contribution in [3.05, 3.63) is 58.4 Å². The lowest BCUT2D eigenvalue weighted by molar-refractivity contribution is 0.434. The van der Waals surface area contributed by atoms with Gasteiger partial charge in [0.2, 0.25) is 0 Å². The predicted molar refractivity (Wildman–Crippen MR) is 79.9 cm³/mol. The average molecular weight is 294 g/mol. The van der Waals surface area contributed by atoms with Crippen molar-refractivity contribution in [3.8, 4) is 11.5 Å². The van der Waals surface area contributed by atoms with Crippen molar-refractivity contribution < 1.29 is 9.13 Å². The molecule has 0 saturated carbocycles. The van der Waals surface area contributed by atoms with Crippen LogP contribution in [0.4, 0.5) is 4.39 Å². The van der Waals surface area contributed by atoms with Gasteiger partial charge in [0.05, 0.1) is 5.02 Å². The summed E-state index contributed by atoms with van der Waals surface area (Å²) in [6.45, 7) is 3.87. The second kappa shape index (κ2) is 6.25. The Balaban J connectivity index is 2.37. The second-order valence-electron chi connectivity index (χ2n) is 4.71. The molecule has 0 saturated heterocycles. The van der Waals surface area contributed by atoms with Crippen LogP contribution in [0.25, 0.3) is 0 Å². The van der Waals surface area contributed by atoms with Crippen LogP contribution in [-0.4, -0.2) is 0 Å². The number of rotatable bonds is 4. The van der Waals surface area contributed by atoms with Gasteiger partial charge in [-0.1, -0.05) is 42.3 Å². The molecule has 4 heteroatoms. The molecule has 106 valence electrons. The van der Waals surface area contributed by atoms with E-state index in [2.05, 4.69) is 0 Å². The first-order chi connectivity index (χ1) is 9.52. The van der Waals surface area contributed by atoms with Crippen LogP contribution in [0, 0.1) is 12.7 Å². The molecule has 2 aromatic carbocycles. The van der Waals surface area contributed by atoms with Crippen LogP contribution >= 0.6 is 11.6 Å². The smallest absolute Gasteiger partial charge is 0.181 e. The van der Waals surface area contributed by atoms with E-state index in [1.54, 1.807) is 24.3 Å². The third-order valence-electron chi connectivity index (χ3n) is 3.16. The lowest BCUT2D eigenvalue weighted by Crippen LogP contribution is -2.11. The molecule has 2 rings (SSSR count). The summed E-state index contributed by atoms with van der Waals surface area (Å²) in [6.07, 6.45) is 0.641. The van der Waals surface area contributed by atoms with Gasteiger partial charge in [-0.25, -0.2) is 4.39 Å². The Bertz CT molecular complexity index is 598. The zero-order chi connectivity index (χ0) is 14.7. The maximum absolute atomic E-state index is 14.4. The van der Waals surface area contributed by atoms with E-state index in [9.17, 15) is 4.39 Å². The fourth-order valence-corrected chi connectivity index (χ4v) is 2.06. The Kier molecular flexibility index (Phi) is 4.63. The predicted octanol–water partition coefficient (Wildman–Crippen LogP) is 4.99. The molecule has 0 aliphatic carbocycles. The molecular formula is C16H17ClFNO. The van der Waals surface area contributed by atoms with Crippen molar-refractivity contribution in [1.82, 2.24) is 0 Å². The van der Waals surface area contributed by atoms with Crippen LogP contribution in [0.2, 0.25) is 5.02 Å². The number of halogens is 2. The molecule has 2 nitrogen and oxygen atoms in total. The van der Waals surface area contributed by atoms with Crippen LogP contribution in [0.15, 0.2) is 36.4 Å². The van der Waals surface area contributed by atoms with Gasteiger partial charge < -0.3 is 10.5 Å². The van der Waals surface area contributed by atoms with E-state index in [0.717, 1.165) is 5.56 Å². The largest absolute Gasteiger partial charge is 0.453 e. The van der Waals surface area contributed by atoms with Crippen molar-refractivity contribution in [2.75, 3.05) is 0 Å². The zero-order valence-corrected chi connectivity index (χ0v) is 12.2. The zero-order valence-electron chi connectivity index (χ0n) is 11.5. The van der Waals surface area contributed by atoms with Gasteiger partial charge in [-0.3, -0.25) is 0 Å². The monoisotopic (exact) mass is 293 g/mol. The average Bonchev–Trinajstić information content (AvgIpc) is 2.45. The number of nitrogens with two attached hydrogens (primary N) is 1. The first-order valence-corrected chi connectivity index (χ1v) is 6.88. The molecule has 1 atom stereocenters. The van der Waals surface area contributed by atoms with E-state index in [-0.39, 0.29) is 16.8 Å². The minimum atomic E-state index is -0.493. The number of ether oxygens (including phenoxy) is 1. The lowest BCUT2D eigenvalue weighted by Gasteiger charge is -2.15. The van der Waals surface area contributed by atoms with Crippen molar-refractivity contribution >= 4 is 11.6 Å². The van der Waals surface area contributed by atoms with E-state index in [4.69, 9.17) is 22.1 Å². The molecule has 0 heterocycles. The van der Waals surface area contributed by atoms with Crippen molar-refractivity contribution in [2.45, 2.75) is 26.3 Å². The molecule has 0 unspecified atom stereocenters. The van der Waals surface area contributed by atoms with Crippen molar-refractivity contribution in [2.24, 2.45) is 5.73 Å². The second-order valence-corrected chi connectivity index (χ2v) is 5.12. The molecule has 0 aliphatic rings. The molecular weight excluding hydrogens is 277 g/mol. The first kappa shape index (κ1) is 14.8. The van der Waals surface area contributed by atoms with Crippen LogP contribution in [0.1, 0.15) is 30.5 Å². The summed E-state index contributed by atoms with van der Waals surface area (Å²) in [5.74, 6) is 0.0722. The SMILES string of the molecule is CC[C@@H](N)c1ccc(Cl)c(Oc2ccc(C)cc2)c1F. The maximum Gasteiger partial charge on any atom is 0.181 e. The van der Waals surface area contributed by atoms with E-state index in [1.165, 1.54) is 0 Å². The highest BCUT2D eigenvalue weighted by atomic mass is 35.5. The molecule has 20 heavy (non-hydrogen) atoms. The van der Waals surface area contributed by atoms with Crippen molar-refractivity contribution in [3.63, 3.8) is 0 Å². The fraction of sp³-hybridized carbons (Fsp3) is 0.250. The van der Waals surface area contributed by atoms with Gasteiger partial charge in [-0.05, 0) is 31.5 Å². The van der Waals surface area contributed by atoms with Crippen molar-refractivity contribution in [1.29, 1.82) is 0 Å². The Labute approximate surface area is 123 Å². The summed E-state index contributed by atoms with van der Waals surface area (Å²) in [6, 6.07) is 10.2. The van der Waals surface area contributed by atoms with Crippen LogP contribution in [-0.2, 0) is 0 Å². The van der Waals surface area contributed by atoms with Crippen LogP contribution in [0.3, 0.4) is 0 Å². The molecule has 0 amide bonds. The van der Waals surface area contributed by atoms with Gasteiger partial charge in [0.25, 0.3) is 0 Å². The standard InChI is InChI=1S/C16H17ClFNO/c1-3-14(19)12-8-9-13(17)16(15(12)18)20-11-6-4-10(2)5-7-11/h4-9,14H,3,19H2,1-2H3/t14-/m1/s1. The van der Waals surface area contributed by atoms with Gasteiger partial charge in [0.1, 0.15) is 5.75 Å². The minimum absolute atomic E-state index is 0.0249. The highest BCUT2D eigenvalue weighted by Crippen LogP contribution is 2.35. The number of hydrogen-bond donors (Lipinski definition) is 1. The molecule has 2 N–H and O–H groups in total. The van der Waals surface area contributed by atoms with Gasteiger partial charge in [-0.15, -0.1) is 0 Å². The fourth-order valence-electron chi connectivity index (χ4n) is 1.87. The summed E-state index contributed by atoms with van der Waals surface area (Å²) >= 11 is 6.02. The molecule has 0 bridgehead atoms. The number of benzene rings is 2. The quantitative estimate of drug-likeness (QED) is 0.862. The normalized spacial score (nSPS) is 12.2. The highest BCUT2D eigenvalue weighted by Gasteiger charge is 2.18. The van der Waals surface area contributed by atoms with Crippen LogP contribution in [0.5, 0.6) is 11.5 Å². The highest BCUT2D eigenvalue weighted by molar-refractivity contribution is 6.32. The maximum atomic E-state index is 14.4. The van der Waals surface area contributed by atoms with Gasteiger partial charge >= 0.3 is 0 Å². The van der Waals surface area contributed by atoms with E-state index in [0.29, 0.717) is 17.7 Å².